The van der Waals surface area contributed by atoms with Crippen molar-refractivity contribution < 1.29 is 13.2 Å². The smallest absolute Gasteiger partial charge is 0.281 e. The Labute approximate surface area is 150 Å². The van der Waals surface area contributed by atoms with Crippen molar-refractivity contribution in [1.29, 1.82) is 0 Å². The first-order valence-corrected chi connectivity index (χ1v) is 10.3. The number of nitrogens with zero attached hydrogens (tertiary/aromatic N) is 2. The van der Waals surface area contributed by atoms with Gasteiger partial charge in [0.25, 0.3) is 10.2 Å². The van der Waals surface area contributed by atoms with Crippen LogP contribution in [0.4, 0.5) is 0 Å². The molecule has 2 atom stereocenters. The lowest BCUT2D eigenvalue weighted by Gasteiger charge is -2.34. The van der Waals surface area contributed by atoms with E-state index in [0.29, 0.717) is 13.0 Å². The molecule has 1 N–H and O–H groups in total. The number of aryl methyl sites for hydroxylation is 1. The van der Waals surface area contributed by atoms with Crippen LogP contribution in [0.2, 0.25) is 0 Å². The van der Waals surface area contributed by atoms with Crippen LogP contribution in [0, 0.1) is 5.92 Å². The fraction of sp³-hybridized carbons (Fsp3) is 0.611. The third-order valence-corrected chi connectivity index (χ3v) is 7.14. The number of benzene rings is 1. The number of nitrogens with one attached hydrogen (secondary N) is 1. The van der Waals surface area contributed by atoms with E-state index < -0.39 is 10.2 Å². The molecular weight excluding hydrogens is 338 g/mol. The van der Waals surface area contributed by atoms with Crippen LogP contribution in [0.25, 0.3) is 0 Å². The van der Waals surface area contributed by atoms with Gasteiger partial charge in [0.2, 0.25) is 5.91 Å². The number of rotatable bonds is 4. The lowest BCUT2D eigenvalue weighted by atomic mass is 9.87. The van der Waals surface area contributed by atoms with Gasteiger partial charge in [-0.1, -0.05) is 24.3 Å². The molecule has 1 heterocycles. The van der Waals surface area contributed by atoms with E-state index in [2.05, 4.69) is 17.4 Å². The Balaban J connectivity index is 1.68. The van der Waals surface area contributed by atoms with E-state index in [9.17, 15) is 13.2 Å². The molecule has 3 rings (SSSR count). The second-order valence-corrected chi connectivity index (χ2v) is 9.28. The minimum atomic E-state index is -3.46. The van der Waals surface area contributed by atoms with Crippen molar-refractivity contribution in [3.05, 3.63) is 35.4 Å². The van der Waals surface area contributed by atoms with Gasteiger partial charge in [0.15, 0.2) is 0 Å². The van der Waals surface area contributed by atoms with Crippen LogP contribution in [0.15, 0.2) is 24.3 Å². The molecule has 0 saturated carbocycles. The summed E-state index contributed by atoms with van der Waals surface area (Å²) >= 11 is 0. The molecule has 1 saturated heterocycles. The lowest BCUT2D eigenvalue weighted by Crippen LogP contribution is -2.49. The normalized spacial score (nSPS) is 24.8. The Morgan fingerprint density at radius 2 is 1.96 bits per heavy atom. The highest BCUT2D eigenvalue weighted by Crippen LogP contribution is 2.30. The van der Waals surface area contributed by atoms with Crippen LogP contribution in [0.1, 0.15) is 42.9 Å². The Morgan fingerprint density at radius 3 is 2.72 bits per heavy atom. The first-order valence-electron chi connectivity index (χ1n) is 8.95. The molecule has 0 radical (unpaired) electrons. The summed E-state index contributed by atoms with van der Waals surface area (Å²) in [5, 5.41) is 3.17. The zero-order valence-corrected chi connectivity index (χ0v) is 15.8. The fourth-order valence-electron chi connectivity index (χ4n) is 3.79. The Kier molecular flexibility index (Phi) is 5.46. The van der Waals surface area contributed by atoms with E-state index in [1.165, 1.54) is 33.8 Å². The van der Waals surface area contributed by atoms with E-state index >= 15 is 0 Å². The van der Waals surface area contributed by atoms with Crippen LogP contribution in [-0.4, -0.2) is 50.1 Å². The molecule has 0 aromatic heterocycles. The Morgan fingerprint density at radius 1 is 1.20 bits per heavy atom. The van der Waals surface area contributed by atoms with Gasteiger partial charge >= 0.3 is 0 Å². The zero-order chi connectivity index (χ0) is 18.0. The van der Waals surface area contributed by atoms with E-state index in [1.54, 1.807) is 0 Å². The number of hydrogen-bond acceptors (Lipinski definition) is 3. The molecule has 7 heteroatoms. The summed E-state index contributed by atoms with van der Waals surface area (Å²) in [6.07, 6.45) is 4.51. The molecule has 0 bridgehead atoms. The fourth-order valence-corrected chi connectivity index (χ4v) is 4.98. The summed E-state index contributed by atoms with van der Waals surface area (Å²) in [5.41, 5.74) is 2.51. The third-order valence-electron chi connectivity index (χ3n) is 5.23. The Hall–Kier alpha value is -1.44. The van der Waals surface area contributed by atoms with Gasteiger partial charge in [-0.05, 0) is 43.2 Å². The number of amides is 1. The van der Waals surface area contributed by atoms with Crippen LogP contribution in [-0.2, 0) is 21.4 Å². The standard InChI is InChI=1S/C18H27N3O3S/c1-20(2)25(23,24)21-12-6-9-15(13-21)18(22)19-17-11-5-8-14-7-3-4-10-16(14)17/h3-4,7,10,15,17H,5-6,8-9,11-13H2,1-2H3,(H,19,22)/t15-,17-/m0/s1. The predicted molar refractivity (Wildman–Crippen MR) is 97.2 cm³/mol. The molecule has 25 heavy (non-hydrogen) atoms. The lowest BCUT2D eigenvalue weighted by molar-refractivity contribution is -0.127. The summed E-state index contributed by atoms with van der Waals surface area (Å²) in [6.45, 7) is 0.747. The first kappa shape index (κ1) is 18.4. The molecule has 1 fully saturated rings. The maximum Gasteiger partial charge on any atom is 0.281 e. The van der Waals surface area contributed by atoms with Gasteiger partial charge in [0.1, 0.15) is 0 Å². The average Bonchev–Trinajstić information content (AvgIpc) is 2.62. The SMILES string of the molecule is CN(C)S(=O)(=O)N1CCC[C@H](C(=O)N[C@H]2CCCc3ccccc32)C1. The molecule has 1 aliphatic heterocycles. The number of piperidine rings is 1. The summed E-state index contributed by atoms with van der Waals surface area (Å²) in [7, 11) is -0.410. The van der Waals surface area contributed by atoms with E-state index in [0.717, 1.165) is 25.7 Å². The van der Waals surface area contributed by atoms with Gasteiger partial charge in [0.05, 0.1) is 12.0 Å². The zero-order valence-electron chi connectivity index (χ0n) is 14.9. The summed E-state index contributed by atoms with van der Waals surface area (Å²) in [5.74, 6) is -0.307. The van der Waals surface area contributed by atoms with Crippen molar-refractivity contribution in [2.24, 2.45) is 5.92 Å². The molecule has 1 aromatic rings. The Bertz CT molecular complexity index is 733. The number of fused-ring (bicyclic) bond motifs is 1. The minimum absolute atomic E-state index is 0.0274. The summed E-state index contributed by atoms with van der Waals surface area (Å²) < 4.78 is 27.3. The summed E-state index contributed by atoms with van der Waals surface area (Å²) in [4.78, 5) is 12.8. The van der Waals surface area contributed by atoms with E-state index in [1.807, 2.05) is 12.1 Å². The van der Waals surface area contributed by atoms with Crippen LogP contribution >= 0.6 is 0 Å². The number of carbonyl (C=O) groups is 1. The number of hydrogen-bond donors (Lipinski definition) is 1. The van der Waals surface area contributed by atoms with E-state index in [-0.39, 0.29) is 24.4 Å². The molecule has 1 aromatic carbocycles. The second-order valence-electron chi connectivity index (χ2n) is 7.14. The number of carbonyl (C=O) groups excluding carboxylic acids is 1. The molecule has 138 valence electrons. The molecule has 6 nitrogen and oxygen atoms in total. The van der Waals surface area contributed by atoms with Gasteiger partial charge < -0.3 is 5.32 Å². The van der Waals surface area contributed by atoms with Gasteiger partial charge in [-0.15, -0.1) is 0 Å². The van der Waals surface area contributed by atoms with Crippen LogP contribution in [0.3, 0.4) is 0 Å². The quantitative estimate of drug-likeness (QED) is 0.883. The van der Waals surface area contributed by atoms with Crippen molar-refractivity contribution >= 4 is 16.1 Å². The summed E-state index contributed by atoms with van der Waals surface area (Å²) in [6, 6.07) is 8.30. The topological polar surface area (TPSA) is 69.7 Å². The van der Waals surface area contributed by atoms with Crippen molar-refractivity contribution in [1.82, 2.24) is 13.9 Å². The maximum absolute atomic E-state index is 12.8. The van der Waals surface area contributed by atoms with Gasteiger partial charge in [-0.2, -0.15) is 17.0 Å². The van der Waals surface area contributed by atoms with E-state index in [4.69, 9.17) is 0 Å². The van der Waals surface area contributed by atoms with Crippen molar-refractivity contribution in [2.45, 2.75) is 38.1 Å². The molecule has 0 spiro atoms. The van der Waals surface area contributed by atoms with Crippen LogP contribution in [0.5, 0.6) is 0 Å². The van der Waals surface area contributed by atoms with Gasteiger partial charge in [-0.3, -0.25) is 4.79 Å². The van der Waals surface area contributed by atoms with Crippen molar-refractivity contribution in [2.75, 3.05) is 27.2 Å². The van der Waals surface area contributed by atoms with Gasteiger partial charge in [0, 0.05) is 27.2 Å². The predicted octanol–water partition coefficient (Wildman–Crippen LogP) is 1.70. The molecule has 0 unspecified atom stereocenters. The molecular formula is C18H27N3O3S. The van der Waals surface area contributed by atoms with Crippen molar-refractivity contribution in [3.63, 3.8) is 0 Å². The first-order chi connectivity index (χ1) is 11.9. The van der Waals surface area contributed by atoms with Crippen LogP contribution < -0.4 is 5.32 Å². The highest BCUT2D eigenvalue weighted by molar-refractivity contribution is 7.86. The molecule has 1 aliphatic carbocycles. The highest BCUT2D eigenvalue weighted by Gasteiger charge is 2.34. The monoisotopic (exact) mass is 365 g/mol. The maximum atomic E-state index is 12.8. The molecule has 1 amide bonds. The largest absolute Gasteiger partial charge is 0.349 e. The average molecular weight is 365 g/mol. The highest BCUT2D eigenvalue weighted by atomic mass is 32.2. The third kappa shape index (κ3) is 3.88. The van der Waals surface area contributed by atoms with Crippen molar-refractivity contribution in [3.8, 4) is 0 Å². The second kappa shape index (κ2) is 7.43. The minimum Gasteiger partial charge on any atom is -0.349 e. The van der Waals surface area contributed by atoms with Gasteiger partial charge in [-0.25, -0.2) is 0 Å². The molecule has 2 aliphatic rings.